The number of pyridine rings is 1. The summed E-state index contributed by atoms with van der Waals surface area (Å²) < 4.78 is 38.3. The Morgan fingerprint density at radius 2 is 1.67 bits per heavy atom. The van der Waals surface area contributed by atoms with Crippen LogP contribution in [0, 0.1) is 0 Å². The molecule has 4 nitrogen and oxygen atoms in total. The van der Waals surface area contributed by atoms with Crippen LogP contribution in [0.2, 0.25) is 0 Å². The molecule has 0 N–H and O–H groups in total. The molecule has 2 aromatic rings. The number of piperazine rings is 1. The molecule has 0 radical (unpaired) electrons. The van der Waals surface area contributed by atoms with Gasteiger partial charge >= 0.3 is 6.18 Å². The first-order valence-electron chi connectivity index (χ1n) is 7.56. The normalized spacial score (nSPS) is 15.5. The van der Waals surface area contributed by atoms with Crippen LogP contribution in [0.5, 0.6) is 0 Å². The highest BCUT2D eigenvalue weighted by atomic mass is 19.4. The Labute approximate surface area is 137 Å². The molecular formula is C17H16F3N3O. The maximum Gasteiger partial charge on any atom is 0.416 e. The van der Waals surface area contributed by atoms with Gasteiger partial charge in [-0.25, -0.2) is 0 Å². The van der Waals surface area contributed by atoms with Crippen LogP contribution in [0.15, 0.2) is 48.8 Å². The van der Waals surface area contributed by atoms with Crippen LogP contribution in [0.25, 0.3) is 0 Å². The zero-order valence-corrected chi connectivity index (χ0v) is 12.8. The van der Waals surface area contributed by atoms with Gasteiger partial charge in [-0.3, -0.25) is 9.78 Å². The second-order valence-electron chi connectivity index (χ2n) is 5.56. The third-order valence-electron chi connectivity index (χ3n) is 4.03. The average Bonchev–Trinajstić information content (AvgIpc) is 2.61. The summed E-state index contributed by atoms with van der Waals surface area (Å²) >= 11 is 0. The van der Waals surface area contributed by atoms with Crippen molar-refractivity contribution >= 4 is 11.6 Å². The predicted octanol–water partition coefficient (Wildman–Crippen LogP) is 3.06. The molecule has 1 fully saturated rings. The van der Waals surface area contributed by atoms with E-state index < -0.39 is 11.7 Å². The van der Waals surface area contributed by atoms with E-state index >= 15 is 0 Å². The molecule has 1 saturated heterocycles. The average molecular weight is 335 g/mol. The van der Waals surface area contributed by atoms with Crippen LogP contribution in [-0.4, -0.2) is 42.0 Å². The van der Waals surface area contributed by atoms with Gasteiger partial charge in [-0.2, -0.15) is 13.2 Å². The number of hydrogen-bond donors (Lipinski definition) is 0. The Hall–Kier alpha value is -2.57. The fourth-order valence-corrected chi connectivity index (χ4v) is 2.73. The predicted molar refractivity (Wildman–Crippen MR) is 83.8 cm³/mol. The van der Waals surface area contributed by atoms with E-state index in [1.54, 1.807) is 17.3 Å². The molecule has 0 saturated carbocycles. The maximum absolute atomic E-state index is 12.8. The molecule has 1 aliphatic heterocycles. The van der Waals surface area contributed by atoms with Crippen LogP contribution < -0.4 is 4.90 Å². The number of alkyl halides is 3. The smallest absolute Gasteiger partial charge is 0.368 e. The molecular weight excluding hydrogens is 319 g/mol. The highest BCUT2D eigenvalue weighted by Crippen LogP contribution is 2.29. The minimum absolute atomic E-state index is 0.0715. The van der Waals surface area contributed by atoms with Gasteiger partial charge in [0, 0.05) is 49.8 Å². The van der Waals surface area contributed by atoms with E-state index in [1.807, 2.05) is 12.1 Å². The first-order valence-corrected chi connectivity index (χ1v) is 7.56. The summed E-state index contributed by atoms with van der Waals surface area (Å²) in [5.41, 5.74) is 0.294. The SMILES string of the molecule is O=C(c1cccc(C(F)(F)F)c1)N1CCN(c2ccncc2)CC1. The third kappa shape index (κ3) is 3.50. The fourth-order valence-electron chi connectivity index (χ4n) is 2.73. The number of amides is 1. The second-order valence-corrected chi connectivity index (χ2v) is 5.56. The van der Waals surface area contributed by atoms with Crippen molar-refractivity contribution < 1.29 is 18.0 Å². The van der Waals surface area contributed by atoms with Crippen LogP contribution in [-0.2, 0) is 6.18 Å². The van der Waals surface area contributed by atoms with Gasteiger partial charge in [-0.1, -0.05) is 6.07 Å². The van der Waals surface area contributed by atoms with Crippen LogP contribution in [0.4, 0.5) is 18.9 Å². The molecule has 24 heavy (non-hydrogen) atoms. The van der Waals surface area contributed by atoms with Crippen molar-refractivity contribution in [3.8, 4) is 0 Å². The van der Waals surface area contributed by atoms with Gasteiger partial charge in [0.1, 0.15) is 0 Å². The van der Waals surface area contributed by atoms with Gasteiger partial charge in [-0.15, -0.1) is 0 Å². The minimum Gasteiger partial charge on any atom is -0.368 e. The molecule has 0 bridgehead atoms. The number of carbonyl (C=O) groups is 1. The Bertz CT molecular complexity index is 711. The molecule has 1 aromatic carbocycles. The molecule has 0 aliphatic carbocycles. The molecule has 1 amide bonds. The lowest BCUT2D eigenvalue weighted by Crippen LogP contribution is -2.48. The van der Waals surface area contributed by atoms with E-state index in [-0.39, 0.29) is 11.5 Å². The van der Waals surface area contributed by atoms with Crippen molar-refractivity contribution in [2.45, 2.75) is 6.18 Å². The van der Waals surface area contributed by atoms with Gasteiger partial charge < -0.3 is 9.80 Å². The van der Waals surface area contributed by atoms with Crippen LogP contribution >= 0.6 is 0 Å². The van der Waals surface area contributed by atoms with Crippen molar-refractivity contribution in [3.63, 3.8) is 0 Å². The largest absolute Gasteiger partial charge is 0.416 e. The molecule has 7 heteroatoms. The molecule has 0 spiro atoms. The lowest BCUT2D eigenvalue weighted by atomic mass is 10.1. The lowest BCUT2D eigenvalue weighted by molar-refractivity contribution is -0.137. The van der Waals surface area contributed by atoms with Crippen molar-refractivity contribution in [2.24, 2.45) is 0 Å². The monoisotopic (exact) mass is 335 g/mol. The van der Waals surface area contributed by atoms with Crippen molar-refractivity contribution in [1.29, 1.82) is 0 Å². The highest BCUT2D eigenvalue weighted by molar-refractivity contribution is 5.94. The van der Waals surface area contributed by atoms with E-state index in [4.69, 9.17) is 0 Å². The summed E-state index contributed by atoms with van der Waals surface area (Å²) in [5, 5.41) is 0. The molecule has 0 atom stereocenters. The molecule has 0 unspecified atom stereocenters. The number of benzene rings is 1. The topological polar surface area (TPSA) is 36.4 Å². The van der Waals surface area contributed by atoms with E-state index in [9.17, 15) is 18.0 Å². The first-order chi connectivity index (χ1) is 11.4. The summed E-state index contributed by atoms with van der Waals surface area (Å²) in [7, 11) is 0. The van der Waals surface area contributed by atoms with Gasteiger partial charge in [0.15, 0.2) is 0 Å². The first kappa shape index (κ1) is 16.3. The summed E-state index contributed by atoms with van der Waals surface area (Å²) in [4.78, 5) is 20.1. The molecule has 1 aliphatic rings. The third-order valence-corrected chi connectivity index (χ3v) is 4.03. The summed E-state index contributed by atoms with van der Waals surface area (Å²) in [5.74, 6) is -0.365. The Balaban J connectivity index is 1.67. The Morgan fingerprint density at radius 3 is 2.29 bits per heavy atom. The molecule has 3 rings (SSSR count). The van der Waals surface area contributed by atoms with E-state index in [0.717, 1.165) is 17.8 Å². The van der Waals surface area contributed by atoms with Crippen molar-refractivity contribution in [1.82, 2.24) is 9.88 Å². The zero-order valence-electron chi connectivity index (χ0n) is 12.8. The van der Waals surface area contributed by atoms with Gasteiger partial charge in [0.2, 0.25) is 0 Å². The summed E-state index contributed by atoms with van der Waals surface area (Å²) in [6, 6.07) is 8.36. The summed E-state index contributed by atoms with van der Waals surface area (Å²) in [6.45, 7) is 2.21. The fraction of sp³-hybridized carbons (Fsp3) is 0.294. The maximum atomic E-state index is 12.8. The standard InChI is InChI=1S/C17H16F3N3O/c18-17(19,20)14-3-1-2-13(12-14)16(24)23-10-8-22(9-11-23)15-4-6-21-7-5-15/h1-7,12H,8-11H2. The quantitative estimate of drug-likeness (QED) is 0.846. The van der Waals surface area contributed by atoms with E-state index in [1.165, 1.54) is 12.1 Å². The van der Waals surface area contributed by atoms with E-state index in [2.05, 4.69) is 9.88 Å². The molecule has 1 aromatic heterocycles. The Morgan fingerprint density at radius 1 is 1.00 bits per heavy atom. The van der Waals surface area contributed by atoms with Crippen LogP contribution in [0.3, 0.4) is 0 Å². The number of rotatable bonds is 2. The number of carbonyl (C=O) groups excluding carboxylic acids is 1. The van der Waals surface area contributed by atoms with E-state index in [0.29, 0.717) is 26.2 Å². The van der Waals surface area contributed by atoms with Gasteiger partial charge in [0.25, 0.3) is 5.91 Å². The second kappa shape index (κ2) is 6.51. The minimum atomic E-state index is -4.45. The number of halogens is 3. The summed E-state index contributed by atoms with van der Waals surface area (Å²) in [6.07, 6.45) is -1.04. The van der Waals surface area contributed by atoms with Gasteiger partial charge in [-0.05, 0) is 30.3 Å². The van der Waals surface area contributed by atoms with Crippen molar-refractivity contribution in [3.05, 3.63) is 59.9 Å². The number of anilines is 1. The highest BCUT2D eigenvalue weighted by Gasteiger charge is 2.31. The Kier molecular flexibility index (Phi) is 4.42. The van der Waals surface area contributed by atoms with Crippen LogP contribution in [0.1, 0.15) is 15.9 Å². The number of nitrogens with zero attached hydrogens (tertiary/aromatic N) is 3. The van der Waals surface area contributed by atoms with Gasteiger partial charge in [0.05, 0.1) is 5.56 Å². The molecule has 2 heterocycles. The molecule has 126 valence electrons. The lowest BCUT2D eigenvalue weighted by Gasteiger charge is -2.36. The number of hydrogen-bond acceptors (Lipinski definition) is 3. The zero-order chi connectivity index (χ0) is 17.2. The number of aromatic nitrogens is 1. The van der Waals surface area contributed by atoms with Crippen molar-refractivity contribution in [2.75, 3.05) is 31.1 Å².